The fraction of sp³-hybridized carbons (Fsp3) is 0.0435. The van der Waals surface area contributed by atoms with Gasteiger partial charge >= 0.3 is 0 Å². The van der Waals surface area contributed by atoms with Crippen molar-refractivity contribution in [1.29, 1.82) is 0 Å². The van der Waals surface area contributed by atoms with E-state index in [0.717, 1.165) is 16.7 Å². The average Bonchev–Trinajstić information content (AvgIpc) is 3.01. The van der Waals surface area contributed by atoms with Gasteiger partial charge in [0.1, 0.15) is 12.4 Å². The molecule has 0 aromatic heterocycles. The van der Waals surface area contributed by atoms with Crippen molar-refractivity contribution in [2.24, 2.45) is 0 Å². The zero-order valence-corrected chi connectivity index (χ0v) is 19.2. The smallest absolute Gasteiger partial charge is 0.298 e. The molecule has 0 N–H and O–H groups in total. The molecule has 0 unspecified atom stereocenters. The standard InChI is InChI=1S/C23H13Cl3FNO3S/c24-16-6-1-2-7-19(16)28-22(29)20(32-23(28)30)11-14-9-17(25)21(18(26)10-14)31-12-13-4-3-5-15(27)8-13/h1-11H,12H2/b20-11-. The first kappa shape index (κ1) is 22.7. The highest BCUT2D eigenvalue weighted by molar-refractivity contribution is 8.19. The average molecular weight is 509 g/mol. The van der Waals surface area contributed by atoms with Crippen LogP contribution in [0.15, 0.2) is 65.6 Å². The normalized spacial score (nSPS) is 15.0. The van der Waals surface area contributed by atoms with E-state index in [9.17, 15) is 14.0 Å². The highest BCUT2D eigenvalue weighted by Crippen LogP contribution is 2.40. The molecule has 1 heterocycles. The van der Waals surface area contributed by atoms with E-state index in [0.29, 0.717) is 21.8 Å². The molecule has 4 nitrogen and oxygen atoms in total. The maximum absolute atomic E-state index is 13.3. The first-order valence-corrected chi connectivity index (χ1v) is 11.2. The third kappa shape index (κ3) is 4.79. The number of thioether (sulfide) groups is 1. The SMILES string of the molecule is O=C1S/C(=C\c2cc(Cl)c(OCc3cccc(F)c3)c(Cl)c2)C(=O)N1c1ccccc1Cl. The number of carbonyl (C=O) groups is 2. The lowest BCUT2D eigenvalue weighted by Gasteiger charge is -2.13. The summed E-state index contributed by atoms with van der Waals surface area (Å²) in [4.78, 5) is 26.5. The van der Waals surface area contributed by atoms with Crippen LogP contribution in [0.3, 0.4) is 0 Å². The molecular weight excluding hydrogens is 496 g/mol. The third-order valence-electron chi connectivity index (χ3n) is 4.48. The minimum Gasteiger partial charge on any atom is -0.486 e. The van der Waals surface area contributed by atoms with Gasteiger partial charge in [0.15, 0.2) is 5.75 Å². The lowest BCUT2D eigenvalue weighted by Crippen LogP contribution is -2.27. The van der Waals surface area contributed by atoms with Gasteiger partial charge in [-0.3, -0.25) is 9.59 Å². The van der Waals surface area contributed by atoms with Gasteiger partial charge in [-0.15, -0.1) is 0 Å². The van der Waals surface area contributed by atoms with Crippen LogP contribution < -0.4 is 9.64 Å². The van der Waals surface area contributed by atoms with E-state index >= 15 is 0 Å². The zero-order chi connectivity index (χ0) is 22.8. The first-order valence-electron chi connectivity index (χ1n) is 9.22. The molecule has 1 aliphatic heterocycles. The van der Waals surface area contributed by atoms with Crippen LogP contribution >= 0.6 is 46.6 Å². The van der Waals surface area contributed by atoms with Crippen molar-refractivity contribution >= 4 is 69.5 Å². The molecule has 0 saturated carbocycles. The van der Waals surface area contributed by atoms with Gasteiger partial charge < -0.3 is 4.74 Å². The number of ether oxygens (including phenoxy) is 1. The number of halogens is 4. The summed E-state index contributed by atoms with van der Waals surface area (Å²) in [5, 5.41) is 0.263. The fourth-order valence-corrected chi connectivity index (χ4v) is 4.71. The van der Waals surface area contributed by atoms with Crippen molar-refractivity contribution in [1.82, 2.24) is 0 Å². The van der Waals surface area contributed by atoms with Gasteiger partial charge in [0.05, 0.1) is 25.7 Å². The number of anilines is 1. The molecule has 0 atom stereocenters. The van der Waals surface area contributed by atoms with Gasteiger partial charge in [0.25, 0.3) is 11.1 Å². The molecule has 2 amide bonds. The molecule has 0 radical (unpaired) electrons. The molecule has 0 bridgehead atoms. The largest absolute Gasteiger partial charge is 0.486 e. The predicted molar refractivity (Wildman–Crippen MR) is 127 cm³/mol. The monoisotopic (exact) mass is 507 g/mol. The first-order chi connectivity index (χ1) is 15.3. The van der Waals surface area contributed by atoms with Crippen LogP contribution in [0.4, 0.5) is 14.9 Å². The Morgan fingerprint density at radius 3 is 2.34 bits per heavy atom. The Kier molecular flexibility index (Phi) is 6.76. The van der Waals surface area contributed by atoms with Crippen LogP contribution in [-0.2, 0) is 11.4 Å². The number of hydrogen-bond donors (Lipinski definition) is 0. The second-order valence-electron chi connectivity index (χ2n) is 6.70. The van der Waals surface area contributed by atoms with Crippen molar-refractivity contribution in [3.63, 3.8) is 0 Å². The van der Waals surface area contributed by atoms with Crippen LogP contribution in [0.1, 0.15) is 11.1 Å². The van der Waals surface area contributed by atoms with Crippen LogP contribution in [0, 0.1) is 5.82 Å². The van der Waals surface area contributed by atoms with Crippen molar-refractivity contribution in [3.05, 3.63) is 97.6 Å². The van der Waals surface area contributed by atoms with Crippen LogP contribution in [0.2, 0.25) is 15.1 Å². The predicted octanol–water partition coefficient (Wildman–Crippen LogP) is 7.61. The number of carbonyl (C=O) groups excluding carboxylic acids is 2. The second kappa shape index (κ2) is 9.55. The summed E-state index contributed by atoms with van der Waals surface area (Å²) in [6.07, 6.45) is 1.52. The van der Waals surface area contributed by atoms with Crippen LogP contribution in [0.25, 0.3) is 6.08 Å². The van der Waals surface area contributed by atoms with E-state index in [2.05, 4.69) is 0 Å². The number of nitrogens with zero attached hydrogens (tertiary/aromatic N) is 1. The second-order valence-corrected chi connectivity index (χ2v) is 8.92. The maximum Gasteiger partial charge on any atom is 0.298 e. The highest BCUT2D eigenvalue weighted by Gasteiger charge is 2.37. The fourth-order valence-electron chi connectivity index (χ4n) is 3.04. The van der Waals surface area contributed by atoms with Gasteiger partial charge in [0, 0.05) is 0 Å². The van der Waals surface area contributed by atoms with Crippen molar-refractivity contribution in [3.8, 4) is 5.75 Å². The third-order valence-corrected chi connectivity index (χ3v) is 6.23. The van der Waals surface area contributed by atoms with Gasteiger partial charge in [-0.05, 0) is 65.4 Å². The molecular formula is C23H13Cl3FNO3S. The molecule has 0 aliphatic carbocycles. The summed E-state index contributed by atoms with van der Waals surface area (Å²) in [5.74, 6) is -0.630. The van der Waals surface area contributed by atoms with E-state index < -0.39 is 11.1 Å². The van der Waals surface area contributed by atoms with E-state index in [1.54, 1.807) is 48.5 Å². The highest BCUT2D eigenvalue weighted by atomic mass is 35.5. The minimum absolute atomic E-state index is 0.0767. The molecule has 3 aromatic rings. The van der Waals surface area contributed by atoms with Gasteiger partial charge in [0.2, 0.25) is 0 Å². The molecule has 162 valence electrons. The van der Waals surface area contributed by atoms with Crippen LogP contribution in [0.5, 0.6) is 5.75 Å². The number of benzene rings is 3. The van der Waals surface area contributed by atoms with Gasteiger partial charge in [-0.25, -0.2) is 9.29 Å². The van der Waals surface area contributed by atoms with E-state index in [1.807, 2.05) is 0 Å². The Balaban J connectivity index is 1.56. The van der Waals surface area contributed by atoms with Crippen molar-refractivity contribution in [2.75, 3.05) is 4.90 Å². The van der Waals surface area contributed by atoms with Gasteiger partial charge in [-0.2, -0.15) is 0 Å². The molecule has 1 aliphatic rings. The zero-order valence-electron chi connectivity index (χ0n) is 16.2. The molecule has 1 saturated heterocycles. The number of imide groups is 1. The van der Waals surface area contributed by atoms with E-state index in [1.165, 1.54) is 18.2 Å². The topological polar surface area (TPSA) is 46.6 Å². The van der Waals surface area contributed by atoms with E-state index in [-0.39, 0.29) is 33.1 Å². The number of amides is 2. The Hall–Kier alpha value is -2.51. The lowest BCUT2D eigenvalue weighted by atomic mass is 10.2. The Morgan fingerprint density at radius 1 is 0.938 bits per heavy atom. The summed E-state index contributed by atoms with van der Waals surface area (Å²) in [6, 6.07) is 15.7. The quantitative estimate of drug-likeness (QED) is 0.333. The number of rotatable bonds is 5. The summed E-state index contributed by atoms with van der Waals surface area (Å²) in [5.41, 5.74) is 1.45. The Bertz CT molecular complexity index is 1240. The molecule has 4 rings (SSSR count). The maximum atomic E-state index is 13.3. The summed E-state index contributed by atoms with van der Waals surface area (Å²) in [6.45, 7) is 0.0767. The molecule has 1 fully saturated rings. The molecule has 0 spiro atoms. The molecule has 32 heavy (non-hydrogen) atoms. The Labute approximate surface area is 202 Å². The molecule has 3 aromatic carbocycles. The van der Waals surface area contributed by atoms with E-state index in [4.69, 9.17) is 39.5 Å². The Morgan fingerprint density at radius 2 is 1.66 bits per heavy atom. The van der Waals surface area contributed by atoms with Crippen molar-refractivity contribution in [2.45, 2.75) is 6.61 Å². The van der Waals surface area contributed by atoms with Crippen molar-refractivity contribution < 1.29 is 18.7 Å². The summed E-state index contributed by atoms with van der Waals surface area (Å²) >= 11 is 19.6. The minimum atomic E-state index is -0.494. The number of para-hydroxylation sites is 1. The number of hydrogen-bond acceptors (Lipinski definition) is 4. The molecule has 9 heteroatoms. The summed E-state index contributed by atoms with van der Waals surface area (Å²) in [7, 11) is 0. The summed E-state index contributed by atoms with van der Waals surface area (Å²) < 4.78 is 19.0. The lowest BCUT2D eigenvalue weighted by molar-refractivity contribution is -0.113. The van der Waals surface area contributed by atoms with Gasteiger partial charge in [-0.1, -0.05) is 59.1 Å². The van der Waals surface area contributed by atoms with Crippen LogP contribution in [-0.4, -0.2) is 11.1 Å².